The average molecular weight is 395 g/mol. The molecule has 4 saturated carbocycles. The van der Waals surface area contributed by atoms with Gasteiger partial charge in [0.25, 0.3) is 5.91 Å². The highest BCUT2D eigenvalue weighted by molar-refractivity contribution is 5.96. The van der Waals surface area contributed by atoms with E-state index in [0.29, 0.717) is 5.41 Å². The van der Waals surface area contributed by atoms with Gasteiger partial charge in [0.05, 0.1) is 5.56 Å². The van der Waals surface area contributed by atoms with E-state index in [1.54, 1.807) is 12.1 Å². The number of nitrogens with zero attached hydrogens (tertiary/aromatic N) is 1. The summed E-state index contributed by atoms with van der Waals surface area (Å²) in [4.78, 5) is 13.2. The van der Waals surface area contributed by atoms with Crippen LogP contribution in [0.1, 0.15) is 67.2 Å². The Morgan fingerprint density at radius 2 is 1.62 bits per heavy atom. The lowest BCUT2D eigenvalue weighted by atomic mass is 9.48. The van der Waals surface area contributed by atoms with E-state index in [-0.39, 0.29) is 17.8 Å². The van der Waals surface area contributed by atoms with Crippen LogP contribution in [0.2, 0.25) is 0 Å². The number of nitrogens with one attached hydrogen (secondary N) is 1. The highest BCUT2D eigenvalue weighted by Gasteiger charge is 2.53. The summed E-state index contributed by atoms with van der Waals surface area (Å²) >= 11 is 0. The van der Waals surface area contributed by atoms with Gasteiger partial charge in [0.15, 0.2) is 0 Å². The molecule has 1 amide bonds. The molecule has 4 aliphatic carbocycles. The Hall–Kier alpha value is -2.10. The van der Waals surface area contributed by atoms with Crippen LogP contribution < -0.4 is 5.32 Å². The van der Waals surface area contributed by atoms with Crippen LogP contribution in [0.4, 0.5) is 4.39 Å². The fourth-order valence-electron chi connectivity index (χ4n) is 7.12. The summed E-state index contributed by atoms with van der Waals surface area (Å²) in [6.07, 6.45) is 8.11. The van der Waals surface area contributed by atoms with Gasteiger partial charge in [0.1, 0.15) is 5.82 Å². The molecule has 29 heavy (non-hydrogen) atoms. The second-order valence-electron chi connectivity index (χ2n) is 10.1. The van der Waals surface area contributed by atoms with Crippen LogP contribution in [0, 0.1) is 42.8 Å². The molecule has 2 aromatic rings. The predicted molar refractivity (Wildman–Crippen MR) is 113 cm³/mol. The molecule has 0 unspecified atom stereocenters. The second kappa shape index (κ2) is 6.72. The van der Waals surface area contributed by atoms with Gasteiger partial charge in [0.2, 0.25) is 0 Å². The van der Waals surface area contributed by atoms with Crippen LogP contribution in [-0.4, -0.2) is 16.5 Å². The number of hydrogen-bond donors (Lipinski definition) is 1. The van der Waals surface area contributed by atoms with Gasteiger partial charge >= 0.3 is 0 Å². The van der Waals surface area contributed by atoms with Gasteiger partial charge in [-0.15, -0.1) is 0 Å². The van der Waals surface area contributed by atoms with E-state index in [0.717, 1.165) is 40.4 Å². The van der Waals surface area contributed by atoms with Gasteiger partial charge < -0.3 is 9.88 Å². The zero-order valence-corrected chi connectivity index (χ0v) is 17.7. The fraction of sp³-hybridized carbons (Fsp3) is 0.560. The molecule has 1 aromatic heterocycles. The Morgan fingerprint density at radius 3 is 2.17 bits per heavy atom. The van der Waals surface area contributed by atoms with Crippen molar-refractivity contribution in [3.05, 3.63) is 53.1 Å². The summed E-state index contributed by atoms with van der Waals surface area (Å²) in [6, 6.07) is 8.61. The highest BCUT2D eigenvalue weighted by Crippen LogP contribution is 2.61. The third-order valence-electron chi connectivity index (χ3n) is 8.11. The summed E-state index contributed by atoms with van der Waals surface area (Å²) < 4.78 is 15.3. The van der Waals surface area contributed by atoms with E-state index in [4.69, 9.17) is 0 Å². The van der Waals surface area contributed by atoms with Crippen LogP contribution in [0.15, 0.2) is 30.3 Å². The molecule has 0 saturated heterocycles. The largest absolute Gasteiger partial charge is 0.349 e. The Balaban J connectivity index is 1.37. The number of aryl methyl sites for hydroxylation is 1. The number of halogens is 1. The van der Waals surface area contributed by atoms with Crippen molar-refractivity contribution in [2.75, 3.05) is 0 Å². The van der Waals surface area contributed by atoms with Crippen molar-refractivity contribution in [1.29, 1.82) is 0 Å². The first-order chi connectivity index (χ1) is 13.8. The molecule has 4 bridgehead atoms. The maximum absolute atomic E-state index is 13.3. The maximum atomic E-state index is 13.3. The predicted octanol–water partition coefficient (Wildman–Crippen LogP) is 5.57. The first-order valence-electron chi connectivity index (χ1n) is 11.1. The highest BCUT2D eigenvalue weighted by atomic mass is 19.1. The molecule has 1 N–H and O–H groups in total. The number of carbonyl (C=O) groups is 1. The molecule has 0 spiro atoms. The van der Waals surface area contributed by atoms with Crippen molar-refractivity contribution in [3.8, 4) is 5.69 Å². The lowest BCUT2D eigenvalue weighted by Gasteiger charge is -2.59. The number of amides is 1. The molecule has 154 valence electrons. The smallest absolute Gasteiger partial charge is 0.253 e. The van der Waals surface area contributed by atoms with Crippen LogP contribution in [0.5, 0.6) is 0 Å². The molecule has 1 heterocycles. The van der Waals surface area contributed by atoms with Gasteiger partial charge in [-0.05, 0) is 113 Å². The number of rotatable bonds is 4. The molecule has 3 nitrogen and oxygen atoms in total. The maximum Gasteiger partial charge on any atom is 0.253 e. The molecule has 4 fully saturated rings. The quantitative estimate of drug-likeness (QED) is 0.723. The molecule has 6 rings (SSSR count). The van der Waals surface area contributed by atoms with Gasteiger partial charge in [-0.25, -0.2) is 4.39 Å². The monoisotopic (exact) mass is 394 g/mol. The van der Waals surface area contributed by atoms with Crippen LogP contribution in [-0.2, 0) is 0 Å². The zero-order chi connectivity index (χ0) is 20.3. The van der Waals surface area contributed by atoms with E-state index in [9.17, 15) is 9.18 Å². The molecule has 1 atom stereocenters. The Bertz CT molecular complexity index is 907. The molecular formula is C25H31FN2O. The van der Waals surface area contributed by atoms with E-state index in [1.807, 2.05) is 24.5 Å². The van der Waals surface area contributed by atoms with Crippen molar-refractivity contribution in [3.63, 3.8) is 0 Å². The Labute approximate surface area is 172 Å². The van der Waals surface area contributed by atoms with Gasteiger partial charge in [-0.2, -0.15) is 0 Å². The van der Waals surface area contributed by atoms with E-state index >= 15 is 0 Å². The topological polar surface area (TPSA) is 34.0 Å². The minimum Gasteiger partial charge on any atom is -0.349 e. The first kappa shape index (κ1) is 18.9. The Morgan fingerprint density at radius 1 is 1.07 bits per heavy atom. The van der Waals surface area contributed by atoms with E-state index in [2.05, 4.69) is 12.2 Å². The van der Waals surface area contributed by atoms with Crippen LogP contribution in [0.3, 0.4) is 0 Å². The van der Waals surface area contributed by atoms with E-state index < -0.39 is 0 Å². The standard InChI is InChI=1S/C25H31FN2O/c1-15-8-23(16(2)28(15)22-6-4-21(26)5-7-22)24(29)27-17(3)25-12-18-9-19(13-25)11-20(10-18)14-25/h4-8,17-20H,9-14H2,1-3H3,(H,27,29)/t17-,18?,19?,20?,25?/m1/s1. The fourth-order valence-corrected chi connectivity index (χ4v) is 7.12. The first-order valence-corrected chi connectivity index (χ1v) is 11.1. The van der Waals surface area contributed by atoms with Crippen molar-refractivity contribution in [2.45, 2.75) is 65.3 Å². The summed E-state index contributed by atoms with van der Waals surface area (Å²) in [5.41, 5.74) is 3.80. The number of hydrogen-bond acceptors (Lipinski definition) is 1. The second-order valence-corrected chi connectivity index (χ2v) is 10.1. The summed E-state index contributed by atoms with van der Waals surface area (Å²) in [5.74, 6) is 2.41. The molecule has 1 aromatic carbocycles. The van der Waals surface area contributed by atoms with Gasteiger partial charge in [-0.3, -0.25) is 4.79 Å². The lowest BCUT2D eigenvalue weighted by Crippen LogP contribution is -2.55. The normalized spacial score (nSPS) is 31.1. The zero-order valence-electron chi connectivity index (χ0n) is 17.7. The van der Waals surface area contributed by atoms with Crippen LogP contribution >= 0.6 is 0 Å². The minimum absolute atomic E-state index is 0.0229. The molecular weight excluding hydrogens is 363 g/mol. The van der Waals surface area contributed by atoms with Crippen molar-refractivity contribution < 1.29 is 9.18 Å². The van der Waals surface area contributed by atoms with Crippen LogP contribution in [0.25, 0.3) is 5.69 Å². The van der Waals surface area contributed by atoms with Gasteiger partial charge in [-0.1, -0.05) is 0 Å². The van der Waals surface area contributed by atoms with Crippen molar-refractivity contribution in [1.82, 2.24) is 9.88 Å². The van der Waals surface area contributed by atoms with Crippen molar-refractivity contribution >= 4 is 5.91 Å². The lowest BCUT2D eigenvalue weighted by molar-refractivity contribution is -0.0688. The summed E-state index contributed by atoms with van der Waals surface area (Å²) in [7, 11) is 0. The SMILES string of the molecule is Cc1cc(C(=O)N[C@H](C)C23CC4CC(CC(C4)C2)C3)c(C)n1-c1ccc(F)cc1. The Kier molecular flexibility index (Phi) is 4.38. The van der Waals surface area contributed by atoms with E-state index in [1.165, 1.54) is 50.7 Å². The number of benzene rings is 1. The molecule has 4 aliphatic rings. The summed E-state index contributed by atoms with van der Waals surface area (Å²) in [5, 5.41) is 3.38. The summed E-state index contributed by atoms with van der Waals surface area (Å²) in [6.45, 7) is 6.19. The average Bonchev–Trinajstić information content (AvgIpc) is 2.96. The number of carbonyl (C=O) groups excluding carboxylic acids is 1. The minimum atomic E-state index is -0.251. The van der Waals surface area contributed by atoms with Crippen molar-refractivity contribution in [2.24, 2.45) is 23.2 Å². The third-order valence-corrected chi connectivity index (χ3v) is 8.11. The third kappa shape index (κ3) is 3.12. The van der Waals surface area contributed by atoms with Gasteiger partial charge in [0, 0.05) is 23.1 Å². The molecule has 0 aliphatic heterocycles. The molecule has 0 radical (unpaired) electrons. The number of aromatic nitrogens is 1. The molecule has 4 heteroatoms.